The number of hydrogen-bond acceptors (Lipinski definition) is 3. The Bertz CT molecular complexity index is 386. The molecule has 0 amide bonds. The van der Waals surface area contributed by atoms with E-state index in [4.69, 9.17) is 4.74 Å². The zero-order valence-electron chi connectivity index (χ0n) is 12.2. The van der Waals surface area contributed by atoms with Gasteiger partial charge in [0.2, 0.25) is 0 Å². The maximum atomic E-state index is 5.56. The lowest BCUT2D eigenvalue weighted by Gasteiger charge is -2.12. The number of nitrogens with one attached hydrogen (secondary N) is 2. The van der Waals surface area contributed by atoms with Crippen molar-refractivity contribution in [1.29, 1.82) is 0 Å². The van der Waals surface area contributed by atoms with Gasteiger partial charge in [-0.2, -0.15) is 0 Å². The van der Waals surface area contributed by atoms with Gasteiger partial charge in [0, 0.05) is 12.6 Å². The molecule has 3 nitrogen and oxygen atoms in total. The standard InChI is InChI=1S/C16H26N2O/c1-3-19-16-7-6-14(11-13(16)2)8-10-17-12-15-5-4-9-18-15/h6-7,11,15,17-18H,3-5,8-10,12H2,1-2H3. The third-order valence-electron chi connectivity index (χ3n) is 3.68. The van der Waals surface area contributed by atoms with Crippen molar-refractivity contribution in [3.05, 3.63) is 29.3 Å². The molecular weight excluding hydrogens is 236 g/mol. The normalized spacial score (nSPS) is 18.7. The highest BCUT2D eigenvalue weighted by Gasteiger charge is 2.12. The molecule has 1 saturated heterocycles. The molecular formula is C16H26N2O. The molecule has 1 heterocycles. The minimum Gasteiger partial charge on any atom is -0.494 e. The molecule has 1 aromatic rings. The van der Waals surface area contributed by atoms with Crippen LogP contribution in [0.3, 0.4) is 0 Å². The van der Waals surface area contributed by atoms with Crippen LogP contribution in [0.1, 0.15) is 30.9 Å². The molecule has 106 valence electrons. The van der Waals surface area contributed by atoms with E-state index in [1.165, 1.54) is 30.5 Å². The third-order valence-corrected chi connectivity index (χ3v) is 3.68. The summed E-state index contributed by atoms with van der Waals surface area (Å²) in [4.78, 5) is 0. The van der Waals surface area contributed by atoms with Gasteiger partial charge in [-0.25, -0.2) is 0 Å². The van der Waals surface area contributed by atoms with Crippen molar-refractivity contribution in [2.75, 3.05) is 26.2 Å². The number of rotatable bonds is 7. The fraction of sp³-hybridized carbons (Fsp3) is 0.625. The van der Waals surface area contributed by atoms with E-state index in [0.717, 1.165) is 31.9 Å². The van der Waals surface area contributed by atoms with Gasteiger partial charge in [0.15, 0.2) is 0 Å². The van der Waals surface area contributed by atoms with Gasteiger partial charge in [0.25, 0.3) is 0 Å². The Balaban J connectivity index is 1.71. The zero-order chi connectivity index (χ0) is 13.5. The van der Waals surface area contributed by atoms with Gasteiger partial charge in [-0.05, 0) is 63.4 Å². The predicted molar refractivity (Wildman–Crippen MR) is 79.9 cm³/mol. The van der Waals surface area contributed by atoms with Gasteiger partial charge in [-0.15, -0.1) is 0 Å². The first-order valence-electron chi connectivity index (χ1n) is 7.46. The van der Waals surface area contributed by atoms with Gasteiger partial charge in [-0.1, -0.05) is 12.1 Å². The third kappa shape index (κ3) is 4.51. The van der Waals surface area contributed by atoms with Crippen LogP contribution in [0.2, 0.25) is 0 Å². The average Bonchev–Trinajstić information content (AvgIpc) is 2.91. The van der Waals surface area contributed by atoms with Gasteiger partial charge in [-0.3, -0.25) is 0 Å². The number of ether oxygens (including phenoxy) is 1. The zero-order valence-corrected chi connectivity index (χ0v) is 12.2. The summed E-state index contributed by atoms with van der Waals surface area (Å²) in [5.74, 6) is 1.01. The largest absolute Gasteiger partial charge is 0.494 e. The SMILES string of the molecule is CCOc1ccc(CCNCC2CCCN2)cc1C. The van der Waals surface area contributed by atoms with Crippen LogP contribution < -0.4 is 15.4 Å². The van der Waals surface area contributed by atoms with Crippen LogP contribution in [0.4, 0.5) is 0 Å². The van der Waals surface area contributed by atoms with Crippen LogP contribution in [0, 0.1) is 6.92 Å². The first kappa shape index (κ1) is 14.4. The van der Waals surface area contributed by atoms with E-state index in [1.54, 1.807) is 0 Å². The lowest BCUT2D eigenvalue weighted by atomic mass is 10.1. The molecule has 0 aromatic heterocycles. The van der Waals surface area contributed by atoms with E-state index in [2.05, 4.69) is 35.8 Å². The fourth-order valence-electron chi connectivity index (χ4n) is 2.62. The van der Waals surface area contributed by atoms with E-state index >= 15 is 0 Å². The van der Waals surface area contributed by atoms with Crippen LogP contribution in [0.5, 0.6) is 5.75 Å². The minimum atomic E-state index is 0.682. The molecule has 1 aliphatic heterocycles. The van der Waals surface area contributed by atoms with Gasteiger partial charge < -0.3 is 15.4 Å². The van der Waals surface area contributed by atoms with E-state index in [9.17, 15) is 0 Å². The maximum Gasteiger partial charge on any atom is 0.122 e. The van der Waals surface area contributed by atoms with E-state index < -0.39 is 0 Å². The Hall–Kier alpha value is -1.06. The van der Waals surface area contributed by atoms with E-state index in [1.807, 2.05) is 6.92 Å². The molecule has 2 rings (SSSR count). The molecule has 0 saturated carbocycles. The first-order chi connectivity index (χ1) is 9.29. The topological polar surface area (TPSA) is 33.3 Å². The molecule has 0 aliphatic carbocycles. The summed E-state index contributed by atoms with van der Waals surface area (Å²) in [5.41, 5.74) is 2.62. The summed E-state index contributed by atoms with van der Waals surface area (Å²) in [5, 5.41) is 7.05. The summed E-state index contributed by atoms with van der Waals surface area (Å²) < 4.78 is 5.56. The molecule has 1 atom stereocenters. The van der Waals surface area contributed by atoms with Gasteiger partial charge in [0.05, 0.1) is 6.61 Å². The molecule has 0 spiro atoms. The molecule has 0 bridgehead atoms. The van der Waals surface area contributed by atoms with Crippen molar-refractivity contribution in [3.8, 4) is 5.75 Å². The molecule has 0 radical (unpaired) electrons. The molecule has 3 heteroatoms. The van der Waals surface area contributed by atoms with Crippen molar-refractivity contribution >= 4 is 0 Å². The summed E-state index contributed by atoms with van der Waals surface area (Å²) in [6.45, 7) is 8.20. The van der Waals surface area contributed by atoms with Gasteiger partial charge >= 0.3 is 0 Å². The lowest BCUT2D eigenvalue weighted by molar-refractivity contribution is 0.338. The summed E-state index contributed by atoms with van der Waals surface area (Å²) in [7, 11) is 0. The van der Waals surface area contributed by atoms with Crippen molar-refractivity contribution in [2.24, 2.45) is 0 Å². The van der Waals surface area contributed by atoms with Gasteiger partial charge in [0.1, 0.15) is 5.75 Å². The molecule has 1 fully saturated rings. The summed E-state index contributed by atoms with van der Waals surface area (Å²) in [6.07, 6.45) is 3.72. The van der Waals surface area contributed by atoms with Crippen LogP contribution in [-0.4, -0.2) is 32.3 Å². The van der Waals surface area contributed by atoms with Crippen molar-refractivity contribution in [2.45, 2.75) is 39.2 Å². The van der Waals surface area contributed by atoms with Crippen LogP contribution >= 0.6 is 0 Å². The highest BCUT2D eigenvalue weighted by atomic mass is 16.5. The summed E-state index contributed by atoms with van der Waals surface area (Å²) in [6, 6.07) is 7.18. The first-order valence-corrected chi connectivity index (χ1v) is 7.46. The molecule has 19 heavy (non-hydrogen) atoms. The highest BCUT2D eigenvalue weighted by molar-refractivity contribution is 5.36. The number of aryl methyl sites for hydroxylation is 1. The smallest absolute Gasteiger partial charge is 0.122 e. The Morgan fingerprint density at radius 3 is 3.00 bits per heavy atom. The van der Waals surface area contributed by atoms with Crippen molar-refractivity contribution in [3.63, 3.8) is 0 Å². The molecule has 1 aliphatic rings. The molecule has 2 N–H and O–H groups in total. The predicted octanol–water partition coefficient (Wildman–Crippen LogP) is 2.28. The quantitative estimate of drug-likeness (QED) is 0.740. The number of benzene rings is 1. The van der Waals surface area contributed by atoms with Crippen molar-refractivity contribution < 1.29 is 4.74 Å². The second kappa shape index (κ2) is 7.51. The average molecular weight is 262 g/mol. The summed E-state index contributed by atoms with van der Waals surface area (Å²) >= 11 is 0. The molecule has 1 unspecified atom stereocenters. The van der Waals surface area contributed by atoms with E-state index in [-0.39, 0.29) is 0 Å². The maximum absolute atomic E-state index is 5.56. The Labute approximate surface area is 116 Å². The van der Waals surface area contributed by atoms with E-state index in [0.29, 0.717) is 6.04 Å². The second-order valence-corrected chi connectivity index (χ2v) is 5.28. The van der Waals surface area contributed by atoms with Crippen molar-refractivity contribution in [1.82, 2.24) is 10.6 Å². The monoisotopic (exact) mass is 262 g/mol. The Morgan fingerprint density at radius 2 is 2.32 bits per heavy atom. The Kier molecular flexibility index (Phi) is 5.67. The lowest BCUT2D eigenvalue weighted by Crippen LogP contribution is -2.34. The number of hydrogen-bond donors (Lipinski definition) is 2. The second-order valence-electron chi connectivity index (χ2n) is 5.28. The van der Waals surface area contributed by atoms with Crippen LogP contribution in [0.15, 0.2) is 18.2 Å². The highest BCUT2D eigenvalue weighted by Crippen LogP contribution is 2.19. The minimum absolute atomic E-state index is 0.682. The molecule has 1 aromatic carbocycles. The Morgan fingerprint density at radius 1 is 1.42 bits per heavy atom. The van der Waals surface area contributed by atoms with Crippen LogP contribution in [0.25, 0.3) is 0 Å². The van der Waals surface area contributed by atoms with Crippen LogP contribution in [-0.2, 0) is 6.42 Å². The fourth-order valence-corrected chi connectivity index (χ4v) is 2.62.